The van der Waals surface area contributed by atoms with Crippen molar-refractivity contribution >= 4 is 28.9 Å². The molecule has 1 aliphatic rings. The predicted octanol–water partition coefficient (Wildman–Crippen LogP) is 2.05. The molecule has 0 aromatic heterocycles. The summed E-state index contributed by atoms with van der Waals surface area (Å²) in [5.41, 5.74) is 1.86. The third kappa shape index (κ3) is 4.89. The monoisotopic (exact) mass is 324 g/mol. The van der Waals surface area contributed by atoms with E-state index in [1.807, 2.05) is 18.2 Å². The molecule has 5 heteroatoms. The van der Waals surface area contributed by atoms with Crippen LogP contribution in [0.1, 0.15) is 27.2 Å². The number of rotatable bonds is 3. The molecule has 0 aliphatic carbocycles. The van der Waals surface area contributed by atoms with E-state index >= 15 is 0 Å². The van der Waals surface area contributed by atoms with Gasteiger partial charge in [0.1, 0.15) is 0 Å². The Morgan fingerprint density at radius 1 is 1.32 bits per heavy atom. The van der Waals surface area contributed by atoms with Gasteiger partial charge in [0.15, 0.2) is 0 Å². The number of anilines is 2. The molecule has 0 spiro atoms. The van der Waals surface area contributed by atoms with Gasteiger partial charge in [-0.25, -0.2) is 0 Å². The number of likely N-dealkylation sites (N-methyl/N-ethyl adjacent to an activating group) is 1. The fraction of sp³-hybridized carbons (Fsp3) is 0.588. The number of quaternary nitrogens is 1. The molecular formula is C17H27ClN3O+. The van der Waals surface area contributed by atoms with Crippen LogP contribution in [-0.4, -0.2) is 39.1 Å². The molecule has 122 valence electrons. The number of piperazine rings is 1. The average molecular weight is 325 g/mol. The first-order valence-electron chi connectivity index (χ1n) is 7.90. The molecule has 1 amide bonds. The molecule has 0 unspecified atom stereocenters. The highest BCUT2D eigenvalue weighted by molar-refractivity contribution is 6.31. The first kappa shape index (κ1) is 17.1. The molecular weight excluding hydrogens is 298 g/mol. The summed E-state index contributed by atoms with van der Waals surface area (Å²) in [6.07, 6.45) is 0.492. The molecule has 0 saturated carbocycles. The Hall–Kier alpha value is -1.26. The van der Waals surface area contributed by atoms with E-state index in [2.05, 4.69) is 38.0 Å². The second kappa shape index (κ2) is 6.88. The van der Waals surface area contributed by atoms with Gasteiger partial charge in [0.25, 0.3) is 0 Å². The van der Waals surface area contributed by atoms with Crippen LogP contribution in [0, 0.1) is 5.41 Å². The van der Waals surface area contributed by atoms with Crippen LogP contribution in [0.25, 0.3) is 0 Å². The molecule has 1 saturated heterocycles. The average Bonchev–Trinajstić information content (AvgIpc) is 2.38. The van der Waals surface area contributed by atoms with Gasteiger partial charge >= 0.3 is 0 Å². The van der Waals surface area contributed by atoms with Crippen molar-refractivity contribution in [2.24, 2.45) is 5.41 Å². The second-order valence-corrected chi connectivity index (χ2v) is 7.83. The van der Waals surface area contributed by atoms with Gasteiger partial charge in [-0.2, -0.15) is 0 Å². The fourth-order valence-electron chi connectivity index (χ4n) is 2.69. The maximum atomic E-state index is 12.2. The molecule has 1 heterocycles. The quantitative estimate of drug-likeness (QED) is 0.893. The maximum Gasteiger partial charge on any atom is 0.224 e. The number of hydrogen-bond acceptors (Lipinski definition) is 2. The summed E-state index contributed by atoms with van der Waals surface area (Å²) in [5, 5.41) is 3.69. The lowest BCUT2D eigenvalue weighted by Gasteiger charge is -2.33. The van der Waals surface area contributed by atoms with Crippen molar-refractivity contribution in [3.05, 3.63) is 23.2 Å². The Bertz CT molecular complexity index is 531. The zero-order valence-corrected chi connectivity index (χ0v) is 14.8. The summed E-state index contributed by atoms with van der Waals surface area (Å²) in [6.45, 7) is 10.4. The van der Waals surface area contributed by atoms with E-state index in [1.54, 1.807) is 4.90 Å². The minimum atomic E-state index is -0.0278. The van der Waals surface area contributed by atoms with Gasteiger partial charge in [0.05, 0.1) is 44.6 Å². The first-order valence-corrected chi connectivity index (χ1v) is 8.28. The number of carbonyl (C=O) groups is 1. The zero-order valence-electron chi connectivity index (χ0n) is 14.0. The molecule has 0 atom stereocenters. The molecule has 1 aromatic rings. The Labute approximate surface area is 138 Å². The van der Waals surface area contributed by atoms with E-state index in [9.17, 15) is 4.79 Å². The highest BCUT2D eigenvalue weighted by Crippen LogP contribution is 2.30. The fourth-order valence-corrected chi connectivity index (χ4v) is 2.86. The third-order valence-electron chi connectivity index (χ3n) is 3.88. The van der Waals surface area contributed by atoms with Gasteiger partial charge < -0.3 is 15.1 Å². The van der Waals surface area contributed by atoms with Gasteiger partial charge in [-0.15, -0.1) is 0 Å². The number of hydrogen-bond donors (Lipinski definition) is 2. The second-order valence-electron chi connectivity index (χ2n) is 7.39. The van der Waals surface area contributed by atoms with Crippen LogP contribution >= 0.6 is 11.6 Å². The number of halogens is 1. The SMILES string of the molecule is C[NH+]1CCN(c2ccc(Cl)cc2NC(=O)CC(C)(C)C)CC1. The van der Waals surface area contributed by atoms with Gasteiger partial charge in [0, 0.05) is 11.4 Å². The predicted molar refractivity (Wildman–Crippen MR) is 93.0 cm³/mol. The van der Waals surface area contributed by atoms with Crippen molar-refractivity contribution in [2.45, 2.75) is 27.2 Å². The van der Waals surface area contributed by atoms with E-state index in [-0.39, 0.29) is 11.3 Å². The Kier molecular flexibility index (Phi) is 5.35. The number of amides is 1. The zero-order chi connectivity index (χ0) is 16.3. The summed E-state index contributed by atoms with van der Waals surface area (Å²) in [6, 6.07) is 5.75. The van der Waals surface area contributed by atoms with Crippen molar-refractivity contribution in [3.63, 3.8) is 0 Å². The largest absolute Gasteiger partial charge is 0.359 e. The highest BCUT2D eigenvalue weighted by atomic mass is 35.5. The summed E-state index contributed by atoms with van der Waals surface area (Å²) >= 11 is 6.12. The van der Waals surface area contributed by atoms with Gasteiger partial charge in [-0.1, -0.05) is 32.4 Å². The van der Waals surface area contributed by atoms with Crippen molar-refractivity contribution in [1.29, 1.82) is 0 Å². The summed E-state index contributed by atoms with van der Waals surface area (Å²) in [5.74, 6) is 0.0377. The normalized spacial score (nSPS) is 16.7. The van der Waals surface area contributed by atoms with Crippen molar-refractivity contribution in [3.8, 4) is 0 Å². The number of benzene rings is 1. The molecule has 2 rings (SSSR count). The van der Waals surface area contributed by atoms with Gasteiger partial charge in [-0.05, 0) is 23.6 Å². The molecule has 1 aromatic carbocycles. The summed E-state index contributed by atoms with van der Waals surface area (Å²) < 4.78 is 0. The summed E-state index contributed by atoms with van der Waals surface area (Å²) in [4.78, 5) is 16.1. The molecule has 0 radical (unpaired) electrons. The van der Waals surface area contributed by atoms with E-state index in [0.717, 1.165) is 37.6 Å². The minimum Gasteiger partial charge on any atom is -0.359 e. The van der Waals surface area contributed by atoms with Crippen LogP contribution in [0.2, 0.25) is 5.02 Å². The van der Waals surface area contributed by atoms with E-state index in [4.69, 9.17) is 11.6 Å². The Morgan fingerprint density at radius 3 is 2.55 bits per heavy atom. The van der Waals surface area contributed by atoms with Crippen LogP contribution in [-0.2, 0) is 4.79 Å². The van der Waals surface area contributed by atoms with E-state index in [0.29, 0.717) is 11.4 Å². The maximum absolute atomic E-state index is 12.2. The lowest BCUT2D eigenvalue weighted by molar-refractivity contribution is -0.880. The van der Waals surface area contributed by atoms with Crippen LogP contribution in [0.5, 0.6) is 0 Å². The van der Waals surface area contributed by atoms with E-state index in [1.165, 1.54) is 0 Å². The van der Waals surface area contributed by atoms with Gasteiger partial charge in [0.2, 0.25) is 5.91 Å². The van der Waals surface area contributed by atoms with Crippen LogP contribution < -0.4 is 15.1 Å². The first-order chi connectivity index (χ1) is 10.2. The van der Waals surface area contributed by atoms with Gasteiger partial charge in [-0.3, -0.25) is 4.79 Å². The smallest absolute Gasteiger partial charge is 0.224 e. The molecule has 1 fully saturated rings. The third-order valence-corrected chi connectivity index (χ3v) is 4.12. The van der Waals surface area contributed by atoms with Crippen LogP contribution in [0.3, 0.4) is 0 Å². The number of carbonyl (C=O) groups excluding carboxylic acids is 1. The van der Waals surface area contributed by atoms with Crippen molar-refractivity contribution in [1.82, 2.24) is 0 Å². The molecule has 1 aliphatic heterocycles. The van der Waals surface area contributed by atoms with E-state index < -0.39 is 0 Å². The molecule has 0 bridgehead atoms. The lowest BCUT2D eigenvalue weighted by Crippen LogP contribution is -3.12. The Morgan fingerprint density at radius 2 is 1.95 bits per heavy atom. The lowest BCUT2D eigenvalue weighted by atomic mass is 9.92. The van der Waals surface area contributed by atoms with Crippen LogP contribution in [0.4, 0.5) is 11.4 Å². The molecule has 22 heavy (non-hydrogen) atoms. The topological polar surface area (TPSA) is 36.8 Å². The summed E-state index contributed by atoms with van der Waals surface area (Å²) in [7, 11) is 2.21. The standard InChI is InChI=1S/C17H26ClN3O/c1-17(2,3)12-16(22)19-14-11-13(18)5-6-15(14)21-9-7-20(4)8-10-21/h5-6,11H,7-10,12H2,1-4H3,(H,19,22)/p+1. The number of nitrogens with zero attached hydrogens (tertiary/aromatic N) is 1. The number of nitrogens with one attached hydrogen (secondary N) is 2. The highest BCUT2D eigenvalue weighted by Gasteiger charge is 2.21. The Balaban J connectivity index is 2.16. The van der Waals surface area contributed by atoms with Crippen molar-refractivity contribution in [2.75, 3.05) is 43.4 Å². The minimum absolute atomic E-state index is 0.0278. The van der Waals surface area contributed by atoms with Crippen molar-refractivity contribution < 1.29 is 9.69 Å². The molecule has 4 nitrogen and oxygen atoms in total. The van der Waals surface area contributed by atoms with Crippen LogP contribution in [0.15, 0.2) is 18.2 Å². The molecule has 2 N–H and O–H groups in total.